The fraction of sp³-hybridized carbons (Fsp3) is 0.136. The Labute approximate surface area is 148 Å². The average Bonchev–Trinajstić information content (AvgIpc) is 2.67. The summed E-state index contributed by atoms with van der Waals surface area (Å²) in [6.07, 6.45) is 7.32. The second-order valence-electron chi connectivity index (χ2n) is 5.48. The molecule has 0 unspecified atom stereocenters. The lowest BCUT2D eigenvalue weighted by atomic mass is 10.0. The van der Waals surface area contributed by atoms with Gasteiger partial charge >= 0.3 is 0 Å². The molecule has 0 fully saturated rings. The summed E-state index contributed by atoms with van der Waals surface area (Å²) in [7, 11) is 0. The van der Waals surface area contributed by atoms with Gasteiger partial charge in [0.15, 0.2) is 0 Å². The zero-order valence-corrected chi connectivity index (χ0v) is 14.1. The van der Waals surface area contributed by atoms with Crippen LogP contribution in [-0.2, 0) is 6.61 Å². The van der Waals surface area contributed by atoms with Crippen LogP contribution >= 0.6 is 0 Å². The molecule has 0 spiro atoms. The van der Waals surface area contributed by atoms with E-state index < -0.39 is 0 Å². The van der Waals surface area contributed by atoms with Crippen LogP contribution in [0.5, 0.6) is 11.6 Å². The molecule has 0 N–H and O–H groups in total. The van der Waals surface area contributed by atoms with E-state index in [2.05, 4.69) is 10.9 Å². The zero-order valence-electron chi connectivity index (χ0n) is 14.1. The maximum absolute atomic E-state index is 5.72. The van der Waals surface area contributed by atoms with Crippen LogP contribution in [0.1, 0.15) is 18.1 Å². The molecular weight excluding hydrogens is 310 g/mol. The lowest BCUT2D eigenvalue weighted by molar-refractivity contribution is 0.294. The SMILES string of the molecule is C#Cc1cc(OCC)cc(-c2ccc(OCc3ccccc3)nc2)c1. The van der Waals surface area contributed by atoms with Gasteiger partial charge in [-0.1, -0.05) is 36.3 Å². The number of benzene rings is 2. The molecule has 0 radical (unpaired) electrons. The topological polar surface area (TPSA) is 31.4 Å². The first-order valence-electron chi connectivity index (χ1n) is 8.16. The quantitative estimate of drug-likeness (QED) is 0.614. The molecule has 0 atom stereocenters. The van der Waals surface area contributed by atoms with Crippen molar-refractivity contribution in [1.82, 2.24) is 4.98 Å². The third kappa shape index (κ3) is 4.39. The molecule has 1 heterocycles. The van der Waals surface area contributed by atoms with E-state index in [-0.39, 0.29) is 0 Å². The number of rotatable bonds is 6. The summed E-state index contributed by atoms with van der Waals surface area (Å²) in [5.74, 6) is 4.01. The van der Waals surface area contributed by atoms with Gasteiger partial charge < -0.3 is 9.47 Å². The number of nitrogens with zero attached hydrogens (tertiary/aromatic N) is 1. The fourth-order valence-electron chi connectivity index (χ4n) is 2.47. The number of ether oxygens (including phenoxy) is 2. The van der Waals surface area contributed by atoms with Crippen molar-refractivity contribution in [1.29, 1.82) is 0 Å². The van der Waals surface area contributed by atoms with Crippen LogP contribution in [-0.4, -0.2) is 11.6 Å². The van der Waals surface area contributed by atoms with Crippen LogP contribution in [0.3, 0.4) is 0 Å². The highest BCUT2D eigenvalue weighted by Crippen LogP contribution is 2.26. The Kier molecular flexibility index (Phi) is 5.33. The first kappa shape index (κ1) is 16.6. The Morgan fingerprint density at radius 1 is 0.960 bits per heavy atom. The molecule has 25 heavy (non-hydrogen) atoms. The van der Waals surface area contributed by atoms with Gasteiger partial charge in [-0.05, 0) is 42.3 Å². The predicted octanol–water partition coefficient (Wildman–Crippen LogP) is 4.71. The minimum atomic E-state index is 0.494. The number of aromatic nitrogens is 1. The molecule has 3 aromatic rings. The highest BCUT2D eigenvalue weighted by Gasteiger charge is 2.05. The van der Waals surface area contributed by atoms with Gasteiger partial charge in [0.2, 0.25) is 5.88 Å². The summed E-state index contributed by atoms with van der Waals surface area (Å²) in [5, 5.41) is 0. The first-order valence-corrected chi connectivity index (χ1v) is 8.16. The van der Waals surface area contributed by atoms with Gasteiger partial charge in [0, 0.05) is 23.4 Å². The summed E-state index contributed by atoms with van der Waals surface area (Å²) < 4.78 is 11.3. The van der Waals surface area contributed by atoms with E-state index in [1.165, 1.54) is 0 Å². The minimum Gasteiger partial charge on any atom is -0.494 e. The van der Waals surface area contributed by atoms with Crippen molar-refractivity contribution in [3.05, 3.63) is 78.0 Å². The van der Waals surface area contributed by atoms with E-state index in [9.17, 15) is 0 Å². The van der Waals surface area contributed by atoms with E-state index in [1.54, 1.807) is 6.20 Å². The molecule has 1 aromatic heterocycles. The molecule has 124 valence electrons. The van der Waals surface area contributed by atoms with Crippen LogP contribution in [0.4, 0.5) is 0 Å². The van der Waals surface area contributed by atoms with E-state index >= 15 is 0 Å². The highest BCUT2D eigenvalue weighted by molar-refractivity contribution is 5.67. The molecule has 0 amide bonds. The molecular formula is C22H19NO2. The standard InChI is InChI=1S/C22H19NO2/c1-3-17-12-20(14-21(13-17)24-4-2)19-10-11-22(23-15-19)25-16-18-8-6-5-7-9-18/h1,5-15H,4,16H2,2H3. The molecule has 0 aliphatic heterocycles. The van der Waals surface area contributed by atoms with E-state index in [0.29, 0.717) is 19.1 Å². The Balaban J connectivity index is 1.76. The second kappa shape index (κ2) is 8.03. The third-order valence-corrected chi connectivity index (χ3v) is 3.68. The van der Waals surface area contributed by atoms with Crippen LogP contribution in [0.25, 0.3) is 11.1 Å². The maximum Gasteiger partial charge on any atom is 0.213 e. The van der Waals surface area contributed by atoms with E-state index in [0.717, 1.165) is 28.0 Å². The van der Waals surface area contributed by atoms with Crippen molar-refractivity contribution >= 4 is 0 Å². The normalized spacial score (nSPS) is 10.1. The van der Waals surface area contributed by atoms with Crippen molar-refractivity contribution in [3.63, 3.8) is 0 Å². The Hall–Kier alpha value is -3.25. The van der Waals surface area contributed by atoms with Gasteiger partial charge in [-0.3, -0.25) is 0 Å². The summed E-state index contributed by atoms with van der Waals surface area (Å²) in [6.45, 7) is 3.04. The second-order valence-corrected chi connectivity index (χ2v) is 5.48. The lowest BCUT2D eigenvalue weighted by Crippen LogP contribution is -1.97. The number of hydrogen-bond acceptors (Lipinski definition) is 3. The third-order valence-electron chi connectivity index (χ3n) is 3.68. The van der Waals surface area contributed by atoms with Gasteiger partial charge in [-0.15, -0.1) is 6.42 Å². The highest BCUT2D eigenvalue weighted by atomic mass is 16.5. The van der Waals surface area contributed by atoms with Crippen molar-refractivity contribution in [2.75, 3.05) is 6.61 Å². The Morgan fingerprint density at radius 2 is 1.80 bits per heavy atom. The average molecular weight is 329 g/mol. The van der Waals surface area contributed by atoms with Crippen molar-refractivity contribution in [2.45, 2.75) is 13.5 Å². The lowest BCUT2D eigenvalue weighted by Gasteiger charge is -2.09. The molecule has 0 saturated carbocycles. The fourth-order valence-corrected chi connectivity index (χ4v) is 2.47. The van der Waals surface area contributed by atoms with Crippen molar-refractivity contribution in [3.8, 4) is 35.1 Å². The van der Waals surface area contributed by atoms with Crippen LogP contribution in [0.15, 0.2) is 66.9 Å². The summed E-state index contributed by atoms with van der Waals surface area (Å²) >= 11 is 0. The van der Waals surface area contributed by atoms with E-state index in [1.807, 2.05) is 67.6 Å². The Morgan fingerprint density at radius 3 is 2.48 bits per heavy atom. The Bertz CT molecular complexity index is 865. The number of hydrogen-bond donors (Lipinski definition) is 0. The molecule has 0 bridgehead atoms. The molecule has 2 aromatic carbocycles. The molecule has 3 heteroatoms. The van der Waals surface area contributed by atoms with Crippen molar-refractivity contribution in [2.24, 2.45) is 0 Å². The smallest absolute Gasteiger partial charge is 0.213 e. The number of terminal acetylenes is 1. The predicted molar refractivity (Wildman–Crippen MR) is 99.6 cm³/mol. The minimum absolute atomic E-state index is 0.494. The zero-order chi connectivity index (χ0) is 17.5. The molecule has 0 aliphatic rings. The largest absolute Gasteiger partial charge is 0.494 e. The molecule has 0 aliphatic carbocycles. The van der Waals surface area contributed by atoms with Crippen LogP contribution < -0.4 is 9.47 Å². The van der Waals surface area contributed by atoms with Gasteiger partial charge in [-0.2, -0.15) is 0 Å². The summed E-state index contributed by atoms with van der Waals surface area (Å²) in [5.41, 5.74) is 3.83. The number of pyridine rings is 1. The first-order chi connectivity index (χ1) is 12.3. The van der Waals surface area contributed by atoms with Crippen LogP contribution in [0.2, 0.25) is 0 Å². The van der Waals surface area contributed by atoms with Gasteiger partial charge in [0.25, 0.3) is 0 Å². The van der Waals surface area contributed by atoms with Crippen molar-refractivity contribution < 1.29 is 9.47 Å². The molecule has 3 nitrogen and oxygen atoms in total. The van der Waals surface area contributed by atoms with E-state index in [4.69, 9.17) is 15.9 Å². The van der Waals surface area contributed by atoms with Gasteiger partial charge in [-0.25, -0.2) is 4.98 Å². The molecule has 0 saturated heterocycles. The monoisotopic (exact) mass is 329 g/mol. The summed E-state index contributed by atoms with van der Waals surface area (Å²) in [6, 6.07) is 19.6. The van der Waals surface area contributed by atoms with Gasteiger partial charge in [0.05, 0.1) is 6.61 Å². The summed E-state index contributed by atoms with van der Waals surface area (Å²) in [4.78, 5) is 4.39. The van der Waals surface area contributed by atoms with Crippen LogP contribution in [0, 0.1) is 12.3 Å². The maximum atomic E-state index is 5.72. The van der Waals surface area contributed by atoms with Gasteiger partial charge in [0.1, 0.15) is 12.4 Å². The molecule has 3 rings (SSSR count).